The van der Waals surface area contributed by atoms with E-state index < -0.39 is 34.5 Å². The molecular formula is C19H22N6O5S. The normalized spacial score (nSPS) is 12.4. The highest BCUT2D eigenvalue weighted by Gasteiger charge is 2.27. The van der Waals surface area contributed by atoms with E-state index >= 15 is 0 Å². The van der Waals surface area contributed by atoms with E-state index in [1.807, 2.05) is 0 Å². The van der Waals surface area contributed by atoms with Gasteiger partial charge in [0, 0.05) is 30.5 Å². The van der Waals surface area contributed by atoms with Crippen LogP contribution in [0.4, 0.5) is 5.95 Å². The van der Waals surface area contributed by atoms with Crippen LogP contribution in [0, 0.1) is 0 Å². The summed E-state index contributed by atoms with van der Waals surface area (Å²) in [4.78, 5) is 34.2. The van der Waals surface area contributed by atoms with Crippen molar-refractivity contribution in [2.45, 2.75) is 23.8 Å². The van der Waals surface area contributed by atoms with E-state index in [0.29, 0.717) is 24.3 Å². The lowest BCUT2D eigenvalue weighted by molar-refractivity contribution is -0.138. The quantitative estimate of drug-likeness (QED) is 0.268. The third-order valence-electron chi connectivity index (χ3n) is 4.37. The molecular weight excluding hydrogens is 424 g/mol. The van der Waals surface area contributed by atoms with Crippen LogP contribution in [0.15, 0.2) is 53.8 Å². The number of pyridine rings is 1. The fourth-order valence-electron chi connectivity index (χ4n) is 2.95. The number of nitrogens with one attached hydrogen (secondary N) is 4. The number of carbonyl (C=O) groups is 2. The summed E-state index contributed by atoms with van der Waals surface area (Å²) in [6.45, 7) is -0.189. The summed E-state index contributed by atoms with van der Waals surface area (Å²) in [5, 5.41) is 14.7. The molecule has 1 aromatic carbocycles. The SMILES string of the molecule is O=C(O)CNC(=O)[C@H](CCCNc1ncc[nH]1)NS(=O)(=O)c1cccc2cccnc12. The van der Waals surface area contributed by atoms with E-state index in [9.17, 15) is 18.0 Å². The monoisotopic (exact) mass is 446 g/mol. The van der Waals surface area contributed by atoms with Crippen molar-refractivity contribution in [1.82, 2.24) is 25.0 Å². The summed E-state index contributed by atoms with van der Waals surface area (Å²) < 4.78 is 28.5. The average molecular weight is 446 g/mol. The number of sulfonamides is 1. The van der Waals surface area contributed by atoms with Crippen LogP contribution in [-0.2, 0) is 19.6 Å². The third kappa shape index (κ3) is 5.99. The summed E-state index contributed by atoms with van der Waals surface area (Å²) in [6, 6.07) is 6.99. The number of carboxylic acids is 1. The molecule has 0 spiro atoms. The second kappa shape index (κ2) is 10.00. The minimum absolute atomic E-state index is 0.0599. The maximum atomic E-state index is 13.0. The molecule has 3 rings (SSSR count). The fourth-order valence-corrected chi connectivity index (χ4v) is 4.36. The number of H-pyrrole nitrogens is 1. The summed E-state index contributed by atoms with van der Waals surface area (Å²) in [6.07, 6.45) is 5.27. The Bertz CT molecular complexity index is 1140. The van der Waals surface area contributed by atoms with E-state index in [4.69, 9.17) is 5.11 Å². The number of benzene rings is 1. The van der Waals surface area contributed by atoms with Crippen molar-refractivity contribution in [3.05, 3.63) is 48.9 Å². The number of imidazole rings is 1. The molecule has 164 valence electrons. The molecule has 0 bridgehead atoms. The van der Waals surface area contributed by atoms with Crippen molar-refractivity contribution in [3.63, 3.8) is 0 Å². The first-order valence-corrected chi connectivity index (χ1v) is 10.9. The Kier molecular flexibility index (Phi) is 7.15. The average Bonchev–Trinajstić information content (AvgIpc) is 3.27. The number of carbonyl (C=O) groups excluding carboxylic acids is 1. The number of aromatic amines is 1. The summed E-state index contributed by atoms with van der Waals surface area (Å²) >= 11 is 0. The molecule has 0 fully saturated rings. The highest BCUT2D eigenvalue weighted by atomic mass is 32.2. The number of anilines is 1. The number of para-hydroxylation sites is 1. The lowest BCUT2D eigenvalue weighted by Crippen LogP contribution is -2.48. The van der Waals surface area contributed by atoms with Crippen LogP contribution in [0.1, 0.15) is 12.8 Å². The molecule has 11 nitrogen and oxygen atoms in total. The number of nitrogens with zero attached hydrogens (tertiary/aromatic N) is 2. The second-order valence-corrected chi connectivity index (χ2v) is 8.31. The Balaban J connectivity index is 1.75. The fraction of sp³-hybridized carbons (Fsp3) is 0.263. The minimum atomic E-state index is -4.11. The Morgan fingerprint density at radius 2 is 1.94 bits per heavy atom. The van der Waals surface area contributed by atoms with Gasteiger partial charge in [-0.05, 0) is 25.0 Å². The van der Waals surface area contributed by atoms with Gasteiger partial charge in [-0.15, -0.1) is 0 Å². The lowest BCUT2D eigenvalue weighted by atomic mass is 10.1. The van der Waals surface area contributed by atoms with Gasteiger partial charge in [-0.25, -0.2) is 13.4 Å². The van der Waals surface area contributed by atoms with Crippen LogP contribution in [0.3, 0.4) is 0 Å². The molecule has 0 aliphatic heterocycles. The smallest absolute Gasteiger partial charge is 0.322 e. The largest absolute Gasteiger partial charge is 0.480 e. The Hall–Kier alpha value is -3.51. The van der Waals surface area contributed by atoms with Gasteiger partial charge in [0.15, 0.2) is 5.95 Å². The zero-order chi connectivity index (χ0) is 22.3. The van der Waals surface area contributed by atoms with Gasteiger partial charge in [0.2, 0.25) is 15.9 Å². The number of fused-ring (bicyclic) bond motifs is 1. The van der Waals surface area contributed by atoms with Crippen molar-refractivity contribution < 1.29 is 23.1 Å². The zero-order valence-electron chi connectivity index (χ0n) is 16.4. The first-order chi connectivity index (χ1) is 14.9. The van der Waals surface area contributed by atoms with Crippen LogP contribution in [-0.4, -0.2) is 59.5 Å². The standard InChI is InChI=1S/C19H22N6O5S/c26-16(27)12-24-18(28)14(6-3-9-21-19-22-10-11-23-19)25-31(29,30)15-7-1-4-13-5-2-8-20-17(13)15/h1-2,4-5,7-8,10-11,14,25H,3,6,9,12H2,(H,24,28)(H,26,27)(H2,21,22,23)/t14-/m0/s1. The first kappa shape index (κ1) is 22.2. The van der Waals surface area contributed by atoms with Gasteiger partial charge in [-0.1, -0.05) is 18.2 Å². The van der Waals surface area contributed by atoms with Crippen molar-refractivity contribution >= 4 is 38.8 Å². The van der Waals surface area contributed by atoms with Gasteiger partial charge in [0.05, 0.1) is 5.52 Å². The van der Waals surface area contributed by atoms with Gasteiger partial charge < -0.3 is 20.7 Å². The Morgan fingerprint density at radius 3 is 2.68 bits per heavy atom. The van der Waals surface area contributed by atoms with Crippen LogP contribution in [0.2, 0.25) is 0 Å². The number of hydrogen-bond donors (Lipinski definition) is 5. The number of carboxylic acid groups (broad SMARTS) is 1. The van der Waals surface area contributed by atoms with Gasteiger partial charge in [0.25, 0.3) is 0 Å². The molecule has 0 radical (unpaired) electrons. The van der Waals surface area contributed by atoms with E-state index in [1.165, 1.54) is 12.3 Å². The molecule has 0 unspecified atom stereocenters. The van der Waals surface area contributed by atoms with E-state index in [1.54, 1.807) is 36.7 Å². The van der Waals surface area contributed by atoms with E-state index in [0.717, 1.165) is 0 Å². The molecule has 0 aliphatic carbocycles. The summed E-state index contributed by atoms with van der Waals surface area (Å²) in [5.74, 6) is -1.40. The molecule has 2 heterocycles. The molecule has 12 heteroatoms. The summed E-state index contributed by atoms with van der Waals surface area (Å²) in [5.41, 5.74) is 0.279. The zero-order valence-corrected chi connectivity index (χ0v) is 17.2. The van der Waals surface area contributed by atoms with E-state index in [-0.39, 0.29) is 16.8 Å². The van der Waals surface area contributed by atoms with Crippen LogP contribution >= 0.6 is 0 Å². The predicted octanol–water partition coefficient (Wildman–Crippen LogP) is 0.698. The molecule has 5 N–H and O–H groups in total. The topological polar surface area (TPSA) is 166 Å². The Labute approximate surface area is 178 Å². The van der Waals surface area contributed by atoms with Crippen LogP contribution in [0.25, 0.3) is 10.9 Å². The summed E-state index contributed by atoms with van der Waals surface area (Å²) in [7, 11) is -4.11. The number of aliphatic carboxylic acids is 1. The number of aromatic nitrogens is 3. The van der Waals surface area contributed by atoms with Crippen LogP contribution in [0.5, 0.6) is 0 Å². The van der Waals surface area contributed by atoms with Crippen molar-refractivity contribution in [3.8, 4) is 0 Å². The third-order valence-corrected chi connectivity index (χ3v) is 5.88. The van der Waals surface area contributed by atoms with Crippen molar-refractivity contribution in [2.24, 2.45) is 0 Å². The molecule has 0 aliphatic rings. The van der Waals surface area contributed by atoms with Gasteiger partial charge in [-0.3, -0.25) is 14.6 Å². The molecule has 0 saturated heterocycles. The molecule has 2 aromatic heterocycles. The van der Waals surface area contributed by atoms with E-state index in [2.05, 4.69) is 30.3 Å². The van der Waals surface area contributed by atoms with Gasteiger partial charge in [-0.2, -0.15) is 4.72 Å². The van der Waals surface area contributed by atoms with Gasteiger partial charge in [0.1, 0.15) is 17.5 Å². The maximum Gasteiger partial charge on any atom is 0.322 e. The minimum Gasteiger partial charge on any atom is -0.480 e. The van der Waals surface area contributed by atoms with Gasteiger partial charge >= 0.3 is 5.97 Å². The second-order valence-electron chi connectivity index (χ2n) is 6.62. The first-order valence-electron chi connectivity index (χ1n) is 9.45. The molecule has 1 amide bonds. The highest BCUT2D eigenvalue weighted by molar-refractivity contribution is 7.89. The van der Waals surface area contributed by atoms with Crippen LogP contribution < -0.4 is 15.4 Å². The van der Waals surface area contributed by atoms with Crippen molar-refractivity contribution in [2.75, 3.05) is 18.4 Å². The number of amides is 1. The Morgan fingerprint density at radius 1 is 1.13 bits per heavy atom. The number of rotatable bonds is 11. The maximum absolute atomic E-state index is 13.0. The lowest BCUT2D eigenvalue weighted by Gasteiger charge is -2.18. The predicted molar refractivity (Wildman–Crippen MR) is 113 cm³/mol. The molecule has 31 heavy (non-hydrogen) atoms. The molecule has 1 atom stereocenters. The van der Waals surface area contributed by atoms with Crippen molar-refractivity contribution in [1.29, 1.82) is 0 Å². The molecule has 3 aromatic rings. The molecule has 0 saturated carbocycles. The highest BCUT2D eigenvalue weighted by Crippen LogP contribution is 2.21. The number of hydrogen-bond acceptors (Lipinski definition) is 7.